The molecule has 4 unspecified atom stereocenters. The lowest BCUT2D eigenvalue weighted by Crippen LogP contribution is -2.63. The molecular weight excluding hydrogens is 222 g/mol. The van der Waals surface area contributed by atoms with E-state index in [-0.39, 0.29) is 0 Å². The summed E-state index contributed by atoms with van der Waals surface area (Å²) in [5.74, 6) is 0.810. The third-order valence-electron chi connectivity index (χ3n) is 4.77. The smallest absolute Gasteiger partial charge is 0.0658 e. The van der Waals surface area contributed by atoms with E-state index in [4.69, 9.17) is 4.74 Å². The van der Waals surface area contributed by atoms with Gasteiger partial charge in [0.15, 0.2) is 0 Å². The van der Waals surface area contributed by atoms with Crippen molar-refractivity contribution in [3.8, 4) is 0 Å². The Morgan fingerprint density at radius 1 is 1.22 bits per heavy atom. The maximum absolute atomic E-state index is 5.85. The minimum absolute atomic E-state index is 0.335. The van der Waals surface area contributed by atoms with Gasteiger partial charge in [-0.1, -0.05) is 27.7 Å². The van der Waals surface area contributed by atoms with Crippen LogP contribution in [0.5, 0.6) is 0 Å². The molecule has 0 amide bonds. The fraction of sp³-hybridized carbons (Fsp3) is 1.00. The van der Waals surface area contributed by atoms with Gasteiger partial charge in [0.2, 0.25) is 0 Å². The summed E-state index contributed by atoms with van der Waals surface area (Å²) >= 11 is 0. The molecule has 1 fully saturated rings. The zero-order valence-corrected chi connectivity index (χ0v) is 13.3. The summed E-state index contributed by atoms with van der Waals surface area (Å²) in [6.45, 7) is 14.5. The zero-order valence-electron chi connectivity index (χ0n) is 13.3. The Morgan fingerprint density at radius 2 is 1.89 bits per heavy atom. The van der Waals surface area contributed by atoms with E-state index in [9.17, 15) is 0 Å². The standard InChI is InChI=1S/C16H33NO/c1-7-16(6)14(11-15(16)18-8-2)17-13(5)10-9-12(3)4/h12-15,17H,7-11H2,1-6H3. The first-order chi connectivity index (χ1) is 8.43. The van der Waals surface area contributed by atoms with Crippen molar-refractivity contribution in [1.29, 1.82) is 0 Å². The van der Waals surface area contributed by atoms with Crippen LogP contribution in [-0.2, 0) is 4.74 Å². The molecule has 18 heavy (non-hydrogen) atoms. The molecule has 0 aliphatic heterocycles. The van der Waals surface area contributed by atoms with Crippen LogP contribution in [0.15, 0.2) is 0 Å². The third kappa shape index (κ3) is 3.71. The zero-order chi connectivity index (χ0) is 13.8. The van der Waals surface area contributed by atoms with Crippen molar-refractivity contribution in [3.05, 3.63) is 0 Å². The highest BCUT2D eigenvalue weighted by atomic mass is 16.5. The van der Waals surface area contributed by atoms with Gasteiger partial charge in [0, 0.05) is 24.1 Å². The Labute approximate surface area is 114 Å². The van der Waals surface area contributed by atoms with Crippen LogP contribution >= 0.6 is 0 Å². The van der Waals surface area contributed by atoms with Crippen molar-refractivity contribution >= 4 is 0 Å². The largest absolute Gasteiger partial charge is 0.378 e. The van der Waals surface area contributed by atoms with Crippen LogP contribution in [0.4, 0.5) is 0 Å². The lowest BCUT2D eigenvalue weighted by atomic mass is 9.61. The molecule has 1 N–H and O–H groups in total. The van der Waals surface area contributed by atoms with Crippen LogP contribution in [0.1, 0.15) is 67.2 Å². The molecule has 0 heterocycles. The van der Waals surface area contributed by atoms with E-state index in [0.29, 0.717) is 23.6 Å². The highest BCUT2D eigenvalue weighted by molar-refractivity contribution is 5.05. The van der Waals surface area contributed by atoms with E-state index < -0.39 is 0 Å². The molecule has 1 aliphatic carbocycles. The predicted molar refractivity (Wildman–Crippen MR) is 78.9 cm³/mol. The summed E-state index contributed by atoms with van der Waals surface area (Å²) in [4.78, 5) is 0. The Morgan fingerprint density at radius 3 is 2.39 bits per heavy atom. The van der Waals surface area contributed by atoms with Gasteiger partial charge < -0.3 is 10.1 Å². The lowest BCUT2D eigenvalue weighted by molar-refractivity contribution is -0.127. The highest BCUT2D eigenvalue weighted by Gasteiger charge is 2.51. The van der Waals surface area contributed by atoms with Crippen LogP contribution in [-0.4, -0.2) is 24.8 Å². The fourth-order valence-corrected chi connectivity index (χ4v) is 3.02. The molecule has 1 saturated carbocycles. The van der Waals surface area contributed by atoms with E-state index >= 15 is 0 Å². The predicted octanol–water partition coefficient (Wildman–Crippen LogP) is 3.99. The quantitative estimate of drug-likeness (QED) is 0.708. The minimum atomic E-state index is 0.335. The summed E-state index contributed by atoms with van der Waals surface area (Å²) in [6, 6.07) is 1.27. The molecular formula is C16H33NO. The van der Waals surface area contributed by atoms with Crippen molar-refractivity contribution in [1.82, 2.24) is 5.32 Å². The SMILES string of the molecule is CCOC1CC(NC(C)CCC(C)C)C1(C)CC. The van der Waals surface area contributed by atoms with Gasteiger partial charge >= 0.3 is 0 Å². The van der Waals surface area contributed by atoms with Gasteiger partial charge in [-0.2, -0.15) is 0 Å². The third-order valence-corrected chi connectivity index (χ3v) is 4.77. The van der Waals surface area contributed by atoms with Gasteiger partial charge in [-0.3, -0.25) is 0 Å². The van der Waals surface area contributed by atoms with Crippen LogP contribution < -0.4 is 5.32 Å². The Bertz CT molecular complexity index is 241. The lowest BCUT2D eigenvalue weighted by Gasteiger charge is -2.54. The first-order valence-corrected chi connectivity index (χ1v) is 7.81. The van der Waals surface area contributed by atoms with Crippen LogP contribution in [0.2, 0.25) is 0 Å². The van der Waals surface area contributed by atoms with E-state index in [1.165, 1.54) is 25.7 Å². The summed E-state index contributed by atoms with van der Waals surface area (Å²) in [6.07, 6.45) is 5.45. The van der Waals surface area contributed by atoms with Crippen LogP contribution in [0.25, 0.3) is 0 Å². The van der Waals surface area contributed by atoms with E-state index in [2.05, 4.69) is 46.9 Å². The molecule has 0 bridgehead atoms. The first kappa shape index (κ1) is 16.0. The molecule has 1 aliphatic rings. The Hall–Kier alpha value is -0.0800. The first-order valence-electron chi connectivity index (χ1n) is 7.81. The molecule has 0 saturated heterocycles. The second-order valence-corrected chi connectivity index (χ2v) is 6.63. The summed E-state index contributed by atoms with van der Waals surface area (Å²) in [5.41, 5.74) is 0.335. The minimum Gasteiger partial charge on any atom is -0.378 e. The van der Waals surface area contributed by atoms with Gasteiger partial charge in [-0.15, -0.1) is 0 Å². The molecule has 0 radical (unpaired) electrons. The average molecular weight is 255 g/mol. The van der Waals surface area contributed by atoms with Gasteiger partial charge in [-0.05, 0) is 45.4 Å². The van der Waals surface area contributed by atoms with Gasteiger partial charge in [0.25, 0.3) is 0 Å². The molecule has 0 aromatic rings. The molecule has 0 aromatic heterocycles. The second kappa shape index (κ2) is 6.91. The molecule has 2 heteroatoms. The van der Waals surface area contributed by atoms with Crippen molar-refractivity contribution in [3.63, 3.8) is 0 Å². The number of ether oxygens (including phenoxy) is 1. The van der Waals surface area contributed by atoms with Crippen molar-refractivity contribution in [2.45, 2.75) is 85.4 Å². The van der Waals surface area contributed by atoms with Crippen molar-refractivity contribution in [2.24, 2.45) is 11.3 Å². The fourth-order valence-electron chi connectivity index (χ4n) is 3.02. The normalized spacial score (nSPS) is 33.5. The number of hydrogen-bond acceptors (Lipinski definition) is 2. The topological polar surface area (TPSA) is 21.3 Å². The molecule has 1 rings (SSSR count). The molecule has 0 spiro atoms. The van der Waals surface area contributed by atoms with E-state index in [1.807, 2.05) is 0 Å². The van der Waals surface area contributed by atoms with Crippen molar-refractivity contribution in [2.75, 3.05) is 6.61 Å². The maximum atomic E-state index is 5.85. The number of nitrogens with one attached hydrogen (secondary N) is 1. The Kier molecular flexibility index (Phi) is 6.13. The highest BCUT2D eigenvalue weighted by Crippen LogP contribution is 2.46. The van der Waals surface area contributed by atoms with Crippen LogP contribution in [0.3, 0.4) is 0 Å². The summed E-state index contributed by atoms with van der Waals surface area (Å²) < 4.78 is 5.85. The molecule has 2 nitrogen and oxygen atoms in total. The average Bonchev–Trinajstić information content (AvgIpc) is 2.34. The van der Waals surface area contributed by atoms with Gasteiger partial charge in [0.05, 0.1) is 6.10 Å². The van der Waals surface area contributed by atoms with Crippen molar-refractivity contribution < 1.29 is 4.74 Å². The Balaban J connectivity index is 2.39. The maximum Gasteiger partial charge on any atom is 0.0658 e. The van der Waals surface area contributed by atoms with E-state index in [1.54, 1.807) is 0 Å². The molecule has 4 atom stereocenters. The second-order valence-electron chi connectivity index (χ2n) is 6.63. The molecule has 0 aromatic carbocycles. The monoisotopic (exact) mass is 255 g/mol. The number of hydrogen-bond donors (Lipinski definition) is 1. The van der Waals surface area contributed by atoms with Gasteiger partial charge in [-0.25, -0.2) is 0 Å². The van der Waals surface area contributed by atoms with Crippen LogP contribution in [0, 0.1) is 11.3 Å². The molecule has 108 valence electrons. The summed E-state index contributed by atoms with van der Waals surface area (Å²) in [7, 11) is 0. The van der Waals surface area contributed by atoms with Gasteiger partial charge in [0.1, 0.15) is 0 Å². The van der Waals surface area contributed by atoms with E-state index in [0.717, 1.165) is 12.5 Å². The number of rotatable bonds is 8. The summed E-state index contributed by atoms with van der Waals surface area (Å²) in [5, 5.41) is 3.82.